The highest BCUT2D eigenvalue weighted by atomic mass is 32.2. The van der Waals surface area contributed by atoms with E-state index >= 15 is 0 Å². The minimum absolute atomic E-state index is 0.0184. The van der Waals surface area contributed by atoms with Gasteiger partial charge in [-0.2, -0.15) is 10.5 Å². The fourth-order valence-corrected chi connectivity index (χ4v) is 13.1. The van der Waals surface area contributed by atoms with Crippen LogP contribution < -0.4 is 11.1 Å². The number of carbonyl (C=O) groups excluding carboxylic acids is 3. The zero-order valence-electron chi connectivity index (χ0n) is 46.5. The van der Waals surface area contributed by atoms with Crippen LogP contribution in [0.3, 0.4) is 0 Å². The van der Waals surface area contributed by atoms with Crippen LogP contribution in [0.15, 0.2) is 84.9 Å². The molecule has 4 N–H and O–H groups in total. The molecule has 428 valence electrons. The number of ether oxygens (including phenoxy) is 2. The summed E-state index contributed by atoms with van der Waals surface area (Å²) in [5.41, 5.74) is 4.76. The van der Waals surface area contributed by atoms with Gasteiger partial charge < -0.3 is 35.4 Å². The Morgan fingerprint density at radius 2 is 1.03 bits per heavy atom. The van der Waals surface area contributed by atoms with Gasteiger partial charge in [-0.1, -0.05) is 84.9 Å². The summed E-state index contributed by atoms with van der Waals surface area (Å²) < 4.78 is 65.1. The summed E-state index contributed by atoms with van der Waals surface area (Å²) in [7, 11) is -6.88. The van der Waals surface area contributed by atoms with Gasteiger partial charge in [0.2, 0.25) is 26.0 Å². The van der Waals surface area contributed by atoms with Gasteiger partial charge in [0.1, 0.15) is 22.3 Å². The van der Waals surface area contributed by atoms with Crippen molar-refractivity contribution < 1.29 is 50.6 Å². The molecule has 3 amide bonds. The summed E-state index contributed by atoms with van der Waals surface area (Å²) in [6.07, 6.45) is 3.84. The van der Waals surface area contributed by atoms with E-state index in [2.05, 4.69) is 17.5 Å². The molecular formula is C58H78N8O11S2. The van der Waals surface area contributed by atoms with Gasteiger partial charge in [0.25, 0.3) is 0 Å². The summed E-state index contributed by atoms with van der Waals surface area (Å²) in [5, 5.41) is 35.2. The number of carboxylic acid groups (broad SMARTS) is 1. The van der Waals surface area contributed by atoms with Crippen LogP contribution in [0.5, 0.6) is 0 Å². The Morgan fingerprint density at radius 3 is 1.44 bits per heavy atom. The number of amides is 3. The number of aliphatic carboxylic acids is 1. The van der Waals surface area contributed by atoms with Gasteiger partial charge in [0, 0.05) is 52.4 Å². The lowest BCUT2D eigenvalue weighted by Crippen LogP contribution is -2.58. The van der Waals surface area contributed by atoms with Crippen molar-refractivity contribution in [2.45, 2.75) is 128 Å². The number of carbonyl (C=O) groups is 4. The number of nitrogens with one attached hydrogen (secondary N) is 1. The van der Waals surface area contributed by atoms with E-state index in [9.17, 15) is 41.3 Å². The maximum Gasteiger partial charge on any atom is 0.410 e. The normalized spacial score (nSPS) is 20.0. The van der Waals surface area contributed by atoms with Crippen LogP contribution in [0, 0.1) is 34.5 Å². The molecular weight excluding hydrogens is 1050 g/mol. The molecule has 8 rings (SSSR count). The molecule has 21 heteroatoms. The summed E-state index contributed by atoms with van der Waals surface area (Å²) in [5.74, 6) is -1.97. The molecule has 4 aliphatic heterocycles. The SMILES string of the molecule is CC(C)(C)OC(=O)N1CCCC(C(=O)NC2(C#N)CCN(S(=O)(=O)CCc3cccc4ccccc34)CC2)C1.CC(C)(C)OC(=O)N1CCCC(C(=O)O)C1.N#CC1(N)CCN(S(=O)(=O)CCc2cccc3ccccc23)CC1. The number of hydrogen-bond donors (Lipinski definition) is 3. The van der Waals surface area contributed by atoms with Crippen LogP contribution in [0.1, 0.15) is 104 Å². The standard InChI is InChI=1S/C29H38N4O5S.C18H21N3O2S.C11H19NO4/c1-28(2,3)38-27(35)32-16-7-11-24(20-32)26(34)31-29(21-30)14-17-33(18-15-29)39(36,37)19-13-23-10-6-9-22-8-4-5-12-25(22)23;19-14-18(20)9-11-21(12-10-18)24(22,23)13-8-16-6-3-5-15-4-1-2-7-17(15)16;1-11(2,3)16-10(15)12-6-4-5-8(7-12)9(13)14/h4-6,8-10,12,24H,7,11,13-20H2,1-3H3,(H,31,34);1-7H,8-13,20H2;8H,4-7H2,1-3H3,(H,13,14). The Labute approximate surface area is 466 Å². The van der Waals surface area contributed by atoms with Crippen molar-refractivity contribution in [2.75, 3.05) is 63.9 Å². The molecule has 0 aliphatic carbocycles. The van der Waals surface area contributed by atoms with Gasteiger partial charge in [0.15, 0.2) is 0 Å². The Morgan fingerprint density at radius 1 is 0.620 bits per heavy atom. The van der Waals surface area contributed by atoms with E-state index in [0.29, 0.717) is 71.1 Å². The van der Waals surface area contributed by atoms with E-state index in [0.717, 1.165) is 39.1 Å². The van der Waals surface area contributed by atoms with Gasteiger partial charge in [0.05, 0.1) is 35.5 Å². The van der Waals surface area contributed by atoms with E-state index in [4.69, 9.17) is 25.6 Å². The first-order chi connectivity index (χ1) is 37.1. The fourth-order valence-electron chi connectivity index (χ4n) is 10.1. The first-order valence-electron chi connectivity index (χ1n) is 27.2. The second-order valence-electron chi connectivity index (χ2n) is 23.0. The molecule has 4 aromatic rings. The van der Waals surface area contributed by atoms with Crippen molar-refractivity contribution in [1.82, 2.24) is 23.7 Å². The van der Waals surface area contributed by atoms with Gasteiger partial charge in [-0.05, 0) is 138 Å². The van der Waals surface area contributed by atoms with Gasteiger partial charge in [-0.15, -0.1) is 0 Å². The molecule has 2 unspecified atom stereocenters. The van der Waals surface area contributed by atoms with E-state index in [1.54, 1.807) is 46.4 Å². The lowest BCUT2D eigenvalue weighted by molar-refractivity contribution is -0.143. The number of carboxylic acids is 1. The van der Waals surface area contributed by atoms with Crippen LogP contribution in [0.2, 0.25) is 0 Å². The molecule has 4 aromatic carbocycles. The molecule has 4 aliphatic rings. The summed E-state index contributed by atoms with van der Waals surface area (Å²) in [6.45, 7) is 13.3. The van der Waals surface area contributed by atoms with Crippen molar-refractivity contribution in [2.24, 2.45) is 17.6 Å². The van der Waals surface area contributed by atoms with Crippen LogP contribution in [-0.2, 0) is 52.0 Å². The number of rotatable bonds is 11. The molecule has 19 nitrogen and oxygen atoms in total. The minimum atomic E-state index is -3.54. The second kappa shape index (κ2) is 26.3. The number of nitriles is 2. The van der Waals surface area contributed by atoms with Gasteiger partial charge >= 0.3 is 18.2 Å². The Kier molecular flexibility index (Phi) is 20.6. The zero-order valence-corrected chi connectivity index (χ0v) is 48.1. The summed E-state index contributed by atoms with van der Waals surface area (Å²) in [6, 6.07) is 32.1. The van der Waals surface area contributed by atoms with Gasteiger partial charge in [-0.25, -0.2) is 35.0 Å². The molecule has 2 atom stereocenters. The smallest absolute Gasteiger partial charge is 0.410 e. The number of nitrogens with zero attached hydrogens (tertiary/aromatic N) is 6. The monoisotopic (exact) mass is 1130 g/mol. The van der Waals surface area contributed by atoms with E-state index < -0.39 is 72.3 Å². The van der Waals surface area contributed by atoms with Gasteiger partial charge in [-0.3, -0.25) is 9.59 Å². The zero-order chi connectivity index (χ0) is 57.8. The topological polar surface area (TPSA) is 274 Å². The first-order valence-corrected chi connectivity index (χ1v) is 30.4. The fraction of sp³-hybridized carbons (Fsp3) is 0.552. The van der Waals surface area contributed by atoms with Crippen LogP contribution >= 0.6 is 0 Å². The highest BCUT2D eigenvalue weighted by molar-refractivity contribution is 7.89. The number of nitrogens with two attached hydrogens (primary N) is 1. The van der Waals surface area contributed by atoms with Crippen LogP contribution in [0.25, 0.3) is 21.5 Å². The predicted octanol–water partition coefficient (Wildman–Crippen LogP) is 7.58. The molecule has 0 aromatic heterocycles. The number of aryl methyl sites for hydroxylation is 2. The van der Waals surface area contributed by atoms with Crippen LogP contribution in [-0.4, -0.2) is 151 Å². The lowest BCUT2D eigenvalue weighted by Gasteiger charge is -2.39. The molecule has 0 radical (unpaired) electrons. The molecule has 0 spiro atoms. The molecule has 0 saturated carbocycles. The lowest BCUT2D eigenvalue weighted by atomic mass is 9.88. The van der Waals surface area contributed by atoms with E-state index in [1.165, 1.54) is 13.5 Å². The van der Waals surface area contributed by atoms with Crippen molar-refractivity contribution in [3.05, 3.63) is 96.1 Å². The molecule has 4 fully saturated rings. The summed E-state index contributed by atoms with van der Waals surface area (Å²) >= 11 is 0. The maximum atomic E-state index is 13.2. The second-order valence-corrected chi connectivity index (χ2v) is 27.2. The number of sulfonamides is 2. The van der Waals surface area contributed by atoms with Crippen LogP contribution in [0.4, 0.5) is 9.59 Å². The molecule has 0 bridgehead atoms. The van der Waals surface area contributed by atoms with Crippen molar-refractivity contribution in [3.8, 4) is 12.1 Å². The number of hydrogen-bond acceptors (Lipinski definition) is 13. The Hall–Kier alpha value is -6.36. The number of benzene rings is 4. The Balaban J connectivity index is 0.000000213. The maximum absolute atomic E-state index is 13.2. The van der Waals surface area contributed by atoms with E-state index in [-0.39, 0.29) is 56.4 Å². The predicted molar refractivity (Wildman–Crippen MR) is 302 cm³/mol. The molecule has 4 heterocycles. The quantitative estimate of drug-likeness (QED) is 0.131. The van der Waals surface area contributed by atoms with Crippen molar-refractivity contribution in [3.63, 3.8) is 0 Å². The average molecular weight is 1130 g/mol. The number of fused-ring (bicyclic) bond motifs is 2. The summed E-state index contributed by atoms with van der Waals surface area (Å²) in [4.78, 5) is 51.2. The number of piperidine rings is 4. The highest BCUT2D eigenvalue weighted by Crippen LogP contribution is 2.29. The molecule has 4 saturated heterocycles. The third-order valence-corrected chi connectivity index (χ3v) is 18.4. The van der Waals surface area contributed by atoms with E-state index in [1.807, 2.05) is 84.9 Å². The average Bonchev–Trinajstić information content (AvgIpc) is 3.47. The largest absolute Gasteiger partial charge is 0.481 e. The van der Waals surface area contributed by atoms with Crippen molar-refractivity contribution in [1.29, 1.82) is 10.5 Å². The Bertz CT molecular complexity index is 3100. The third-order valence-electron chi connectivity index (χ3n) is 14.7. The number of likely N-dealkylation sites (tertiary alicyclic amines) is 2. The third kappa shape index (κ3) is 17.6. The first kappa shape index (κ1) is 61.8. The minimum Gasteiger partial charge on any atom is -0.481 e. The molecule has 79 heavy (non-hydrogen) atoms. The van der Waals surface area contributed by atoms with Crippen molar-refractivity contribution >= 4 is 65.7 Å². The highest BCUT2D eigenvalue weighted by Gasteiger charge is 2.42.